The highest BCUT2D eigenvalue weighted by atomic mass is 35.5. The molecule has 1 fully saturated rings. The minimum atomic E-state index is -0.463. The van der Waals surface area contributed by atoms with E-state index in [1.165, 1.54) is 7.11 Å². The number of ether oxygens (including phenoxy) is 1. The van der Waals surface area contributed by atoms with Crippen LogP contribution in [-0.2, 0) is 9.59 Å². The molecule has 0 aliphatic carbocycles. The lowest BCUT2D eigenvalue weighted by Gasteiger charge is -2.17. The molecule has 130 valence electrons. The molecule has 0 spiro atoms. The molecule has 1 atom stereocenters. The van der Waals surface area contributed by atoms with Crippen molar-refractivity contribution in [3.05, 3.63) is 52.5 Å². The van der Waals surface area contributed by atoms with E-state index in [0.717, 1.165) is 0 Å². The molecular formula is C18H16Cl2N2O3. The average Bonchev–Trinajstić information content (AvgIpc) is 2.97. The Morgan fingerprint density at radius 2 is 1.96 bits per heavy atom. The summed E-state index contributed by atoms with van der Waals surface area (Å²) >= 11 is 12.0. The second-order valence-electron chi connectivity index (χ2n) is 5.72. The van der Waals surface area contributed by atoms with Gasteiger partial charge in [0.2, 0.25) is 11.8 Å². The third-order valence-corrected chi connectivity index (χ3v) is 4.51. The summed E-state index contributed by atoms with van der Waals surface area (Å²) in [5.74, 6) is -0.317. The molecule has 0 radical (unpaired) electrons. The van der Waals surface area contributed by atoms with Gasteiger partial charge in [-0.2, -0.15) is 0 Å². The lowest BCUT2D eigenvalue weighted by Crippen LogP contribution is -2.28. The molecule has 2 amide bonds. The van der Waals surface area contributed by atoms with E-state index < -0.39 is 5.92 Å². The maximum Gasteiger partial charge on any atom is 0.229 e. The first kappa shape index (κ1) is 17.6. The van der Waals surface area contributed by atoms with E-state index in [0.29, 0.717) is 33.7 Å². The number of halogens is 2. The summed E-state index contributed by atoms with van der Waals surface area (Å²) in [5.41, 5.74) is 1.17. The van der Waals surface area contributed by atoms with E-state index in [2.05, 4.69) is 5.32 Å². The van der Waals surface area contributed by atoms with Crippen molar-refractivity contribution in [3.8, 4) is 5.75 Å². The topological polar surface area (TPSA) is 58.6 Å². The number of nitrogens with one attached hydrogen (secondary N) is 1. The number of carbonyl (C=O) groups excluding carboxylic acids is 2. The molecule has 1 aliphatic heterocycles. The molecule has 5 nitrogen and oxygen atoms in total. The molecule has 0 bridgehead atoms. The van der Waals surface area contributed by atoms with Gasteiger partial charge < -0.3 is 15.0 Å². The first-order valence-electron chi connectivity index (χ1n) is 7.68. The quantitative estimate of drug-likeness (QED) is 0.874. The molecule has 1 saturated heterocycles. The summed E-state index contributed by atoms with van der Waals surface area (Å²) in [6.07, 6.45) is 0.140. The third kappa shape index (κ3) is 3.89. The summed E-state index contributed by atoms with van der Waals surface area (Å²) in [7, 11) is 1.51. The molecule has 0 unspecified atom stereocenters. The number of benzene rings is 2. The number of amides is 2. The smallest absolute Gasteiger partial charge is 0.229 e. The monoisotopic (exact) mass is 378 g/mol. The first-order chi connectivity index (χ1) is 12.0. The van der Waals surface area contributed by atoms with Gasteiger partial charge in [0.15, 0.2) is 0 Å². The van der Waals surface area contributed by atoms with Gasteiger partial charge in [-0.3, -0.25) is 9.59 Å². The van der Waals surface area contributed by atoms with Crippen molar-refractivity contribution in [1.29, 1.82) is 0 Å². The average molecular weight is 379 g/mol. The molecule has 3 rings (SSSR count). The summed E-state index contributed by atoms with van der Waals surface area (Å²) in [5, 5.41) is 3.82. The van der Waals surface area contributed by atoms with E-state index in [-0.39, 0.29) is 18.2 Å². The van der Waals surface area contributed by atoms with Crippen molar-refractivity contribution >= 4 is 46.4 Å². The van der Waals surface area contributed by atoms with E-state index in [4.69, 9.17) is 27.9 Å². The maximum atomic E-state index is 12.6. The molecule has 25 heavy (non-hydrogen) atoms. The fourth-order valence-electron chi connectivity index (χ4n) is 2.79. The van der Waals surface area contributed by atoms with Crippen LogP contribution in [-0.4, -0.2) is 25.5 Å². The van der Waals surface area contributed by atoms with E-state index in [1.54, 1.807) is 47.4 Å². The minimum absolute atomic E-state index is 0.111. The second kappa shape index (κ2) is 7.33. The van der Waals surface area contributed by atoms with E-state index in [9.17, 15) is 9.59 Å². The van der Waals surface area contributed by atoms with Gasteiger partial charge in [0.1, 0.15) is 5.75 Å². The Balaban J connectivity index is 1.74. The van der Waals surface area contributed by atoms with Crippen molar-refractivity contribution in [3.63, 3.8) is 0 Å². The minimum Gasteiger partial charge on any atom is -0.495 e. The summed E-state index contributed by atoms with van der Waals surface area (Å²) in [4.78, 5) is 26.4. The van der Waals surface area contributed by atoms with Crippen LogP contribution in [0.1, 0.15) is 6.42 Å². The Morgan fingerprint density at radius 3 is 2.68 bits per heavy atom. The molecule has 0 saturated carbocycles. The molecule has 0 aromatic heterocycles. The first-order valence-corrected chi connectivity index (χ1v) is 8.44. The molecule has 7 heteroatoms. The van der Waals surface area contributed by atoms with Crippen LogP contribution in [0.3, 0.4) is 0 Å². The van der Waals surface area contributed by atoms with Crippen molar-refractivity contribution in [2.24, 2.45) is 5.92 Å². The summed E-state index contributed by atoms with van der Waals surface area (Å²) in [6.45, 7) is 0.299. The molecule has 2 aromatic carbocycles. The van der Waals surface area contributed by atoms with E-state index >= 15 is 0 Å². The van der Waals surface area contributed by atoms with Gasteiger partial charge >= 0.3 is 0 Å². The number of hydrogen-bond acceptors (Lipinski definition) is 3. The number of rotatable bonds is 4. The maximum absolute atomic E-state index is 12.6. The van der Waals surface area contributed by atoms with E-state index in [1.807, 2.05) is 0 Å². The molecule has 2 aromatic rings. The van der Waals surface area contributed by atoms with Gasteiger partial charge in [-0.1, -0.05) is 29.3 Å². The van der Waals surface area contributed by atoms with Gasteiger partial charge in [0.25, 0.3) is 0 Å². The zero-order chi connectivity index (χ0) is 18.0. The Morgan fingerprint density at radius 1 is 1.20 bits per heavy atom. The van der Waals surface area contributed by atoms with Crippen LogP contribution in [0, 0.1) is 5.92 Å². The SMILES string of the molecule is COc1ccc(Cl)cc1NC(=O)[C@@H]1CC(=O)N(c2cccc(Cl)c2)C1. The van der Waals surface area contributed by atoms with Crippen LogP contribution in [0.4, 0.5) is 11.4 Å². The predicted molar refractivity (Wildman–Crippen MR) is 98.5 cm³/mol. The van der Waals surface area contributed by atoms with Crippen molar-refractivity contribution in [2.75, 3.05) is 23.9 Å². The van der Waals surface area contributed by atoms with Crippen LogP contribution in [0.25, 0.3) is 0 Å². The highest BCUT2D eigenvalue weighted by molar-refractivity contribution is 6.31. The highest BCUT2D eigenvalue weighted by Gasteiger charge is 2.35. The van der Waals surface area contributed by atoms with Crippen LogP contribution < -0.4 is 15.0 Å². The number of hydrogen-bond donors (Lipinski definition) is 1. The predicted octanol–water partition coefficient (Wildman–Crippen LogP) is 3.99. The number of carbonyl (C=O) groups is 2. The zero-order valence-corrected chi connectivity index (χ0v) is 15.0. The van der Waals surface area contributed by atoms with Crippen LogP contribution in [0.15, 0.2) is 42.5 Å². The van der Waals surface area contributed by atoms with Crippen LogP contribution in [0.5, 0.6) is 5.75 Å². The van der Waals surface area contributed by atoms with Crippen molar-refractivity contribution < 1.29 is 14.3 Å². The Hall–Kier alpha value is -2.24. The number of anilines is 2. The zero-order valence-electron chi connectivity index (χ0n) is 13.5. The largest absolute Gasteiger partial charge is 0.495 e. The molecule has 1 heterocycles. The third-order valence-electron chi connectivity index (χ3n) is 4.04. The summed E-state index contributed by atoms with van der Waals surface area (Å²) in [6, 6.07) is 12.0. The van der Waals surface area contributed by atoms with Crippen molar-refractivity contribution in [1.82, 2.24) is 0 Å². The van der Waals surface area contributed by atoms with Gasteiger partial charge in [0, 0.05) is 28.7 Å². The number of nitrogens with zero attached hydrogens (tertiary/aromatic N) is 1. The Labute approximate surface area is 155 Å². The lowest BCUT2D eigenvalue weighted by molar-refractivity contribution is -0.122. The molecular weight excluding hydrogens is 363 g/mol. The molecule has 1 aliphatic rings. The second-order valence-corrected chi connectivity index (χ2v) is 6.59. The van der Waals surface area contributed by atoms with Gasteiger partial charge in [0.05, 0.1) is 18.7 Å². The fourth-order valence-corrected chi connectivity index (χ4v) is 3.15. The Kier molecular flexibility index (Phi) is 5.16. The lowest BCUT2D eigenvalue weighted by atomic mass is 10.1. The fraction of sp³-hybridized carbons (Fsp3) is 0.222. The van der Waals surface area contributed by atoms with Gasteiger partial charge in [-0.05, 0) is 36.4 Å². The van der Waals surface area contributed by atoms with Crippen LogP contribution >= 0.6 is 23.2 Å². The van der Waals surface area contributed by atoms with Gasteiger partial charge in [-0.15, -0.1) is 0 Å². The summed E-state index contributed by atoms with van der Waals surface area (Å²) < 4.78 is 5.22. The van der Waals surface area contributed by atoms with Crippen LogP contribution in [0.2, 0.25) is 10.0 Å². The van der Waals surface area contributed by atoms with Crippen molar-refractivity contribution in [2.45, 2.75) is 6.42 Å². The van der Waals surface area contributed by atoms with Gasteiger partial charge in [-0.25, -0.2) is 0 Å². The normalized spacial score (nSPS) is 16.8. The highest BCUT2D eigenvalue weighted by Crippen LogP contribution is 2.31. The molecule has 1 N–H and O–H groups in total. The standard InChI is InChI=1S/C18H16Cl2N2O3/c1-25-16-6-5-13(20)9-15(16)21-18(24)11-7-17(23)22(10-11)14-4-2-3-12(19)8-14/h2-6,8-9,11H,7,10H2,1H3,(H,21,24)/t11-/m1/s1. The Bertz CT molecular complexity index is 826. The number of methoxy groups -OCH3 is 1.